The Morgan fingerprint density at radius 2 is 2.50 bits per heavy atom. The van der Waals surface area contributed by atoms with Gasteiger partial charge in [0.15, 0.2) is 0 Å². The van der Waals surface area contributed by atoms with E-state index in [1.807, 2.05) is 0 Å². The van der Waals surface area contributed by atoms with E-state index in [0.29, 0.717) is 18.7 Å². The highest BCUT2D eigenvalue weighted by molar-refractivity contribution is 8.00. The summed E-state index contributed by atoms with van der Waals surface area (Å²) in [7, 11) is 0. The molecule has 0 aliphatic carbocycles. The second kappa shape index (κ2) is 3.01. The molecule has 0 bridgehead atoms. The van der Waals surface area contributed by atoms with Gasteiger partial charge >= 0.3 is 0 Å². The van der Waals surface area contributed by atoms with Crippen molar-refractivity contribution in [3.63, 3.8) is 0 Å². The van der Waals surface area contributed by atoms with Gasteiger partial charge in [0.1, 0.15) is 5.60 Å². The minimum atomic E-state index is -0.846. The number of nitrogens with zero attached hydrogens (tertiary/aromatic N) is 2. The summed E-state index contributed by atoms with van der Waals surface area (Å²) in [4.78, 5) is 27.6. The third kappa shape index (κ3) is 1.52. The molecular formula is C7H10N2O4S. The first-order valence-corrected chi connectivity index (χ1v) is 5.30. The van der Waals surface area contributed by atoms with Crippen LogP contribution in [0.4, 0.5) is 0 Å². The zero-order valence-electron chi connectivity index (χ0n) is 7.63. The van der Waals surface area contributed by atoms with Crippen molar-refractivity contribution in [3.8, 4) is 0 Å². The van der Waals surface area contributed by atoms with Gasteiger partial charge in [0.2, 0.25) is 5.91 Å². The molecule has 2 saturated heterocycles. The minimum Gasteiger partial charge on any atom is -0.328 e. The van der Waals surface area contributed by atoms with Crippen molar-refractivity contribution in [1.82, 2.24) is 4.90 Å². The fourth-order valence-electron chi connectivity index (χ4n) is 1.68. The third-order valence-electron chi connectivity index (χ3n) is 2.40. The second-order valence-electron chi connectivity index (χ2n) is 3.76. The first-order chi connectivity index (χ1) is 6.50. The maximum Gasteiger partial charge on any atom is 0.295 e. The van der Waals surface area contributed by atoms with Gasteiger partial charge < -0.3 is 9.74 Å². The zero-order valence-corrected chi connectivity index (χ0v) is 8.45. The summed E-state index contributed by atoms with van der Waals surface area (Å²) in [6.45, 7) is 1.98. The fraction of sp³-hybridized carbons (Fsp3) is 0.857. The van der Waals surface area contributed by atoms with Crippen molar-refractivity contribution >= 4 is 17.7 Å². The molecule has 0 spiro atoms. The van der Waals surface area contributed by atoms with Crippen LogP contribution < -0.4 is 0 Å². The second-order valence-corrected chi connectivity index (χ2v) is 4.92. The van der Waals surface area contributed by atoms with E-state index in [4.69, 9.17) is 0 Å². The van der Waals surface area contributed by atoms with E-state index in [2.05, 4.69) is 4.84 Å². The Kier molecular flexibility index (Phi) is 2.06. The fourth-order valence-corrected chi connectivity index (χ4v) is 3.00. The molecule has 2 aliphatic heterocycles. The molecule has 6 nitrogen and oxygen atoms in total. The Hall–Kier alpha value is -0.980. The van der Waals surface area contributed by atoms with Gasteiger partial charge in [0.05, 0.1) is 18.3 Å². The smallest absolute Gasteiger partial charge is 0.295 e. The summed E-state index contributed by atoms with van der Waals surface area (Å²) in [6.07, 6.45) is 0.555. The van der Waals surface area contributed by atoms with Crippen molar-refractivity contribution in [2.24, 2.45) is 0 Å². The molecule has 0 unspecified atom stereocenters. The van der Waals surface area contributed by atoms with Crippen LogP contribution in [0, 0.1) is 10.1 Å². The Balaban J connectivity index is 2.01. The molecule has 0 aromatic carbocycles. The van der Waals surface area contributed by atoms with Crippen LogP contribution in [-0.2, 0) is 9.63 Å². The van der Waals surface area contributed by atoms with Gasteiger partial charge in [-0.05, 0) is 6.92 Å². The molecule has 78 valence electrons. The van der Waals surface area contributed by atoms with Crippen molar-refractivity contribution in [3.05, 3.63) is 10.1 Å². The summed E-state index contributed by atoms with van der Waals surface area (Å²) >= 11 is 1.54. The molecule has 0 aromatic heterocycles. The van der Waals surface area contributed by atoms with E-state index >= 15 is 0 Å². The van der Waals surface area contributed by atoms with Gasteiger partial charge in [-0.3, -0.25) is 4.79 Å². The number of thioether (sulfide) groups is 1. The van der Waals surface area contributed by atoms with Crippen LogP contribution in [0.2, 0.25) is 0 Å². The van der Waals surface area contributed by atoms with E-state index in [0.717, 1.165) is 0 Å². The van der Waals surface area contributed by atoms with Gasteiger partial charge in [-0.2, -0.15) is 0 Å². The summed E-state index contributed by atoms with van der Waals surface area (Å²) in [5.74, 6) is 0.614. The molecule has 2 aliphatic rings. The summed E-state index contributed by atoms with van der Waals surface area (Å²) < 4.78 is 0. The number of hydrogen-bond acceptors (Lipinski definition) is 5. The van der Waals surface area contributed by atoms with Crippen LogP contribution in [0.5, 0.6) is 0 Å². The molecule has 7 heteroatoms. The van der Waals surface area contributed by atoms with Crippen molar-refractivity contribution in [1.29, 1.82) is 0 Å². The topological polar surface area (TPSA) is 72.7 Å². The van der Waals surface area contributed by atoms with Gasteiger partial charge in [0, 0.05) is 5.75 Å². The first-order valence-electron chi connectivity index (χ1n) is 4.25. The van der Waals surface area contributed by atoms with E-state index in [1.54, 1.807) is 23.6 Å². The molecule has 2 rings (SSSR count). The van der Waals surface area contributed by atoms with Gasteiger partial charge in [-0.1, -0.05) is 0 Å². The van der Waals surface area contributed by atoms with Crippen molar-refractivity contribution in [2.75, 3.05) is 12.3 Å². The molecule has 1 amide bonds. The number of fused-ring (bicyclic) bond motifs is 1. The van der Waals surface area contributed by atoms with Crippen LogP contribution in [0.3, 0.4) is 0 Å². The van der Waals surface area contributed by atoms with E-state index in [-0.39, 0.29) is 11.3 Å². The average molecular weight is 218 g/mol. The van der Waals surface area contributed by atoms with Gasteiger partial charge in [0.25, 0.3) is 5.09 Å². The van der Waals surface area contributed by atoms with Crippen molar-refractivity contribution < 1.29 is 14.7 Å². The number of carbonyl (C=O) groups excluding carboxylic acids is 1. The van der Waals surface area contributed by atoms with Crippen molar-refractivity contribution in [2.45, 2.75) is 24.3 Å². The van der Waals surface area contributed by atoms with Crippen LogP contribution >= 0.6 is 11.8 Å². The number of rotatable bonds is 2. The number of amides is 1. The molecular weight excluding hydrogens is 208 g/mol. The monoisotopic (exact) mass is 218 g/mol. The molecule has 0 saturated carbocycles. The first kappa shape index (κ1) is 9.57. The van der Waals surface area contributed by atoms with E-state index < -0.39 is 10.7 Å². The maximum absolute atomic E-state index is 11.1. The zero-order chi connectivity index (χ0) is 10.3. The Bertz CT molecular complexity index is 297. The highest BCUT2D eigenvalue weighted by Gasteiger charge is 2.47. The van der Waals surface area contributed by atoms with Gasteiger partial charge in [-0.25, -0.2) is 0 Å². The predicted octanol–water partition coefficient (Wildman–Crippen LogP) is 0.259. The lowest BCUT2D eigenvalue weighted by atomic mass is 10.0. The quantitative estimate of drug-likeness (QED) is 0.377. The molecule has 0 radical (unpaired) electrons. The third-order valence-corrected chi connectivity index (χ3v) is 3.98. The molecule has 14 heavy (non-hydrogen) atoms. The standard InChI is InChI=1S/C7H10N2O4S/c1-7(13-9(11)12)3-8-5(10)2-6(8)14-4-7/h6H,2-4H2,1H3/t6-,7+/m1/s1. The summed E-state index contributed by atoms with van der Waals surface area (Å²) in [6, 6.07) is 0. The maximum atomic E-state index is 11.1. The molecule has 2 heterocycles. The lowest BCUT2D eigenvalue weighted by molar-refractivity contribution is -0.778. The molecule has 2 fully saturated rings. The summed E-state index contributed by atoms with van der Waals surface area (Å²) in [5, 5.41) is 9.66. The lowest BCUT2D eigenvalue weighted by Gasteiger charge is -2.49. The Morgan fingerprint density at radius 1 is 1.79 bits per heavy atom. The van der Waals surface area contributed by atoms with Crippen LogP contribution in [-0.4, -0.2) is 39.2 Å². The normalized spacial score (nSPS) is 35.9. The predicted molar refractivity (Wildman–Crippen MR) is 49.1 cm³/mol. The minimum absolute atomic E-state index is 0.0559. The average Bonchev–Trinajstić information content (AvgIpc) is 2.06. The highest BCUT2D eigenvalue weighted by Crippen LogP contribution is 2.38. The molecule has 0 aromatic rings. The number of β-lactam (4-membered cyclic amide) rings is 1. The van der Waals surface area contributed by atoms with E-state index in [9.17, 15) is 14.9 Å². The Morgan fingerprint density at radius 3 is 3.07 bits per heavy atom. The van der Waals surface area contributed by atoms with Crippen LogP contribution in [0.15, 0.2) is 0 Å². The lowest BCUT2D eigenvalue weighted by Crippen LogP contribution is -2.62. The molecule has 0 N–H and O–H groups in total. The highest BCUT2D eigenvalue weighted by atomic mass is 32.2. The SMILES string of the molecule is C[C@@]1(O[N+](=O)[O-])CS[C@@H]2CC(=O)N2C1. The molecule has 2 atom stereocenters. The number of carbonyl (C=O) groups is 1. The van der Waals surface area contributed by atoms with E-state index in [1.165, 1.54) is 0 Å². The summed E-state index contributed by atoms with van der Waals surface area (Å²) in [5.41, 5.74) is -0.846. The largest absolute Gasteiger partial charge is 0.328 e. The number of hydrogen-bond donors (Lipinski definition) is 0. The van der Waals surface area contributed by atoms with Crippen LogP contribution in [0.25, 0.3) is 0 Å². The van der Waals surface area contributed by atoms with Gasteiger partial charge in [-0.15, -0.1) is 21.9 Å². The van der Waals surface area contributed by atoms with Crippen LogP contribution in [0.1, 0.15) is 13.3 Å². The Labute approximate surface area is 84.7 Å².